The average Bonchev–Trinajstić information content (AvgIpc) is 3.12. The number of carboxylic acid groups (broad SMARTS) is 1. The van der Waals surface area contributed by atoms with Gasteiger partial charge >= 0.3 is 11.9 Å². The number of nitrogens with zero attached hydrogens (tertiary/aromatic N) is 2. The maximum absolute atomic E-state index is 12.7. The van der Waals surface area contributed by atoms with Crippen LogP contribution in [0.1, 0.15) is 31.2 Å². The number of anilines is 2. The molecular weight excluding hydrogens is 414 g/mol. The lowest BCUT2D eigenvalue weighted by atomic mass is 10.1. The number of hydrogen-bond acceptors (Lipinski definition) is 7. The van der Waals surface area contributed by atoms with Crippen molar-refractivity contribution >= 4 is 45.0 Å². The van der Waals surface area contributed by atoms with Gasteiger partial charge in [0.2, 0.25) is 0 Å². The number of carbonyl (C=O) groups excluding carboxylic acids is 1. The summed E-state index contributed by atoms with van der Waals surface area (Å²) in [5.41, 5.74) is 2.57. The standard InChI is InChI=1S/C23H19N3O4S/c1-14-18-20(26-17-9-5-8-16(12-17)22(27)28)24-13-25-21(18)31-19(14)23(29)30-11-10-15-6-3-2-4-7-15/h2-9,12-13H,10-11H2,1H3,(H,27,28)(H,24,25,26). The molecule has 7 nitrogen and oxygen atoms in total. The summed E-state index contributed by atoms with van der Waals surface area (Å²) in [5.74, 6) is -0.899. The van der Waals surface area contributed by atoms with E-state index in [1.165, 1.54) is 29.8 Å². The number of rotatable bonds is 7. The molecule has 0 aliphatic rings. The van der Waals surface area contributed by atoms with Gasteiger partial charge in [-0.15, -0.1) is 11.3 Å². The molecule has 0 atom stereocenters. The third-order valence-electron chi connectivity index (χ3n) is 4.75. The number of aryl methyl sites for hydroxylation is 1. The molecule has 2 N–H and O–H groups in total. The molecule has 31 heavy (non-hydrogen) atoms. The summed E-state index contributed by atoms with van der Waals surface area (Å²) < 4.78 is 5.48. The van der Waals surface area contributed by atoms with Gasteiger partial charge in [0, 0.05) is 12.1 Å². The number of carbonyl (C=O) groups is 2. The van der Waals surface area contributed by atoms with Crippen LogP contribution in [0.4, 0.5) is 11.5 Å². The number of hydrogen-bond donors (Lipinski definition) is 2. The monoisotopic (exact) mass is 433 g/mol. The van der Waals surface area contributed by atoms with E-state index in [1.54, 1.807) is 12.1 Å². The Kier molecular flexibility index (Phi) is 5.90. The summed E-state index contributed by atoms with van der Waals surface area (Å²) in [5, 5.41) is 13.0. The van der Waals surface area contributed by atoms with Crippen LogP contribution in [0, 0.1) is 6.92 Å². The van der Waals surface area contributed by atoms with Crippen LogP contribution >= 0.6 is 11.3 Å². The van der Waals surface area contributed by atoms with Crippen LogP contribution in [0.5, 0.6) is 0 Å². The van der Waals surface area contributed by atoms with Crippen LogP contribution in [0.3, 0.4) is 0 Å². The van der Waals surface area contributed by atoms with Crippen molar-refractivity contribution in [3.63, 3.8) is 0 Å². The van der Waals surface area contributed by atoms with E-state index in [-0.39, 0.29) is 12.2 Å². The lowest BCUT2D eigenvalue weighted by Crippen LogP contribution is -2.07. The molecule has 0 saturated heterocycles. The second kappa shape index (κ2) is 8.93. The maximum atomic E-state index is 12.7. The average molecular weight is 433 g/mol. The van der Waals surface area contributed by atoms with Crippen molar-refractivity contribution in [1.29, 1.82) is 0 Å². The molecule has 156 valence electrons. The van der Waals surface area contributed by atoms with E-state index >= 15 is 0 Å². The summed E-state index contributed by atoms with van der Waals surface area (Å²) in [6.45, 7) is 2.12. The Hall–Kier alpha value is -3.78. The lowest BCUT2D eigenvalue weighted by molar-refractivity contribution is 0.0514. The predicted molar refractivity (Wildman–Crippen MR) is 119 cm³/mol. The SMILES string of the molecule is Cc1c(C(=O)OCCc2ccccc2)sc2ncnc(Nc3cccc(C(=O)O)c3)c12. The van der Waals surface area contributed by atoms with Crippen molar-refractivity contribution in [2.45, 2.75) is 13.3 Å². The third-order valence-corrected chi connectivity index (χ3v) is 5.93. The highest BCUT2D eigenvalue weighted by Crippen LogP contribution is 2.35. The molecule has 2 aromatic heterocycles. The largest absolute Gasteiger partial charge is 0.478 e. The van der Waals surface area contributed by atoms with Crippen molar-refractivity contribution in [1.82, 2.24) is 9.97 Å². The first-order chi connectivity index (χ1) is 15.0. The van der Waals surface area contributed by atoms with Crippen molar-refractivity contribution < 1.29 is 19.4 Å². The van der Waals surface area contributed by atoms with Crippen LogP contribution in [-0.2, 0) is 11.2 Å². The molecule has 0 spiro atoms. The van der Waals surface area contributed by atoms with Crippen LogP contribution in [0.2, 0.25) is 0 Å². The molecule has 2 aromatic carbocycles. The van der Waals surface area contributed by atoms with Gasteiger partial charge in [0.1, 0.15) is 21.9 Å². The summed E-state index contributed by atoms with van der Waals surface area (Å²) in [6, 6.07) is 16.3. The molecule has 0 aliphatic heterocycles. The van der Waals surface area contributed by atoms with Crippen molar-refractivity contribution in [3.8, 4) is 0 Å². The zero-order chi connectivity index (χ0) is 21.8. The van der Waals surface area contributed by atoms with Crippen molar-refractivity contribution in [2.75, 3.05) is 11.9 Å². The molecule has 0 unspecified atom stereocenters. The Balaban J connectivity index is 1.55. The van der Waals surface area contributed by atoms with Gasteiger partial charge in [-0.25, -0.2) is 19.6 Å². The molecular formula is C23H19N3O4S. The number of fused-ring (bicyclic) bond motifs is 1. The van der Waals surface area contributed by atoms with Crippen LogP contribution in [0.25, 0.3) is 10.2 Å². The van der Waals surface area contributed by atoms with Gasteiger partial charge in [0.25, 0.3) is 0 Å². The van der Waals surface area contributed by atoms with Gasteiger partial charge in [-0.2, -0.15) is 0 Å². The number of aromatic carboxylic acids is 1. The normalized spacial score (nSPS) is 10.7. The predicted octanol–water partition coefficient (Wildman–Crippen LogP) is 4.84. The third kappa shape index (κ3) is 4.54. The van der Waals surface area contributed by atoms with Crippen LogP contribution in [-0.4, -0.2) is 33.6 Å². The highest BCUT2D eigenvalue weighted by Gasteiger charge is 2.20. The topological polar surface area (TPSA) is 101 Å². The number of nitrogens with one attached hydrogen (secondary N) is 1. The zero-order valence-corrected chi connectivity index (χ0v) is 17.5. The quantitative estimate of drug-likeness (QED) is 0.402. The fourth-order valence-electron chi connectivity index (χ4n) is 3.20. The van der Waals surface area contributed by atoms with Crippen molar-refractivity contribution in [2.24, 2.45) is 0 Å². The molecule has 8 heteroatoms. The van der Waals surface area contributed by atoms with E-state index in [4.69, 9.17) is 4.74 Å². The fourth-order valence-corrected chi connectivity index (χ4v) is 4.24. The summed E-state index contributed by atoms with van der Waals surface area (Å²) in [4.78, 5) is 33.6. The number of aromatic nitrogens is 2. The minimum Gasteiger partial charge on any atom is -0.478 e. The van der Waals surface area contributed by atoms with E-state index in [1.807, 2.05) is 37.3 Å². The Morgan fingerprint density at radius 3 is 2.68 bits per heavy atom. The summed E-state index contributed by atoms with van der Waals surface area (Å²) in [6.07, 6.45) is 2.05. The molecule has 4 rings (SSSR count). The minimum atomic E-state index is -1.01. The number of esters is 1. The Morgan fingerprint density at radius 1 is 1.10 bits per heavy atom. The Bertz CT molecular complexity index is 1250. The molecule has 0 radical (unpaired) electrons. The van der Waals surface area contributed by atoms with Gasteiger partial charge in [0.05, 0.1) is 17.6 Å². The number of ether oxygens (including phenoxy) is 1. The van der Waals surface area contributed by atoms with E-state index < -0.39 is 11.9 Å². The smallest absolute Gasteiger partial charge is 0.348 e. The molecule has 0 saturated carbocycles. The lowest BCUT2D eigenvalue weighted by Gasteiger charge is -2.08. The van der Waals surface area contributed by atoms with E-state index in [0.717, 1.165) is 11.1 Å². The fraction of sp³-hybridized carbons (Fsp3) is 0.130. The number of benzene rings is 2. The highest BCUT2D eigenvalue weighted by molar-refractivity contribution is 7.20. The maximum Gasteiger partial charge on any atom is 0.348 e. The van der Waals surface area contributed by atoms with Gasteiger partial charge < -0.3 is 15.2 Å². The van der Waals surface area contributed by atoms with Gasteiger partial charge in [-0.1, -0.05) is 36.4 Å². The van der Waals surface area contributed by atoms with Crippen LogP contribution in [0.15, 0.2) is 60.9 Å². The number of thiophene rings is 1. The highest BCUT2D eigenvalue weighted by atomic mass is 32.1. The molecule has 0 fully saturated rings. The molecule has 4 aromatic rings. The van der Waals surface area contributed by atoms with Crippen molar-refractivity contribution in [3.05, 3.63) is 82.5 Å². The summed E-state index contributed by atoms with van der Waals surface area (Å²) >= 11 is 1.25. The zero-order valence-electron chi connectivity index (χ0n) is 16.7. The molecule has 0 bridgehead atoms. The Morgan fingerprint density at radius 2 is 1.90 bits per heavy atom. The van der Waals surface area contributed by atoms with Crippen LogP contribution < -0.4 is 5.32 Å². The molecule has 0 aliphatic carbocycles. The first-order valence-corrected chi connectivity index (χ1v) is 10.4. The molecule has 2 heterocycles. The van der Waals surface area contributed by atoms with E-state index in [0.29, 0.717) is 33.0 Å². The van der Waals surface area contributed by atoms with Gasteiger partial charge in [0.15, 0.2) is 0 Å². The number of carboxylic acids is 1. The first-order valence-electron chi connectivity index (χ1n) is 9.58. The van der Waals surface area contributed by atoms with E-state index in [2.05, 4.69) is 15.3 Å². The second-order valence-electron chi connectivity index (χ2n) is 6.84. The van der Waals surface area contributed by atoms with E-state index in [9.17, 15) is 14.7 Å². The minimum absolute atomic E-state index is 0.167. The first kappa shape index (κ1) is 20.5. The van der Waals surface area contributed by atoms with Gasteiger partial charge in [-0.3, -0.25) is 0 Å². The Labute approximate surface area is 182 Å². The molecule has 0 amide bonds. The summed E-state index contributed by atoms with van der Waals surface area (Å²) in [7, 11) is 0. The second-order valence-corrected chi connectivity index (χ2v) is 7.84. The van der Waals surface area contributed by atoms with Gasteiger partial charge in [-0.05, 0) is 36.2 Å².